The van der Waals surface area contributed by atoms with E-state index in [0.29, 0.717) is 30.6 Å². The number of nitrogens with zero attached hydrogens (tertiary/aromatic N) is 4. The molecular formula is C16H18N4O3. The molecule has 4 rings (SSSR count). The molecule has 2 aliphatic rings. The number of rotatable bonds is 4. The number of carbonyl (C=O) groups excluding carboxylic acids is 1. The Morgan fingerprint density at radius 3 is 2.91 bits per heavy atom. The Bertz CT molecular complexity index is 708. The molecule has 120 valence electrons. The van der Waals surface area contributed by atoms with E-state index < -0.39 is 0 Å². The third-order valence-corrected chi connectivity index (χ3v) is 4.22. The van der Waals surface area contributed by atoms with Crippen molar-refractivity contribution in [3.8, 4) is 5.88 Å². The van der Waals surface area contributed by atoms with Gasteiger partial charge in [-0.25, -0.2) is 0 Å². The van der Waals surface area contributed by atoms with Gasteiger partial charge in [0.1, 0.15) is 11.9 Å². The first-order chi connectivity index (χ1) is 11.2. The number of ether oxygens (including phenoxy) is 1. The summed E-state index contributed by atoms with van der Waals surface area (Å²) in [7, 11) is 0. The van der Waals surface area contributed by atoms with Crippen LogP contribution in [0.5, 0.6) is 5.88 Å². The largest absolute Gasteiger partial charge is 0.471 e. The molecule has 1 saturated heterocycles. The maximum absolute atomic E-state index is 12.5. The Balaban J connectivity index is 1.37. The Hall–Kier alpha value is -2.44. The van der Waals surface area contributed by atoms with Gasteiger partial charge >= 0.3 is 0 Å². The highest BCUT2D eigenvalue weighted by Crippen LogP contribution is 2.40. The molecule has 0 N–H and O–H groups in total. The van der Waals surface area contributed by atoms with E-state index in [2.05, 4.69) is 15.4 Å². The van der Waals surface area contributed by atoms with E-state index in [1.165, 1.54) is 0 Å². The first kappa shape index (κ1) is 14.2. The molecule has 0 aromatic carbocycles. The van der Waals surface area contributed by atoms with Gasteiger partial charge in [-0.3, -0.25) is 4.79 Å². The summed E-state index contributed by atoms with van der Waals surface area (Å²) in [6, 6.07) is 5.43. The van der Waals surface area contributed by atoms with Crippen LogP contribution in [0, 0.1) is 6.92 Å². The monoisotopic (exact) mass is 314 g/mol. The summed E-state index contributed by atoms with van der Waals surface area (Å²) >= 11 is 0. The van der Waals surface area contributed by atoms with Gasteiger partial charge in [-0.05, 0) is 25.8 Å². The van der Waals surface area contributed by atoms with Crippen molar-refractivity contribution in [1.29, 1.82) is 0 Å². The first-order valence-electron chi connectivity index (χ1n) is 7.92. The number of likely N-dealkylation sites (tertiary alicyclic amines) is 1. The molecule has 2 aromatic rings. The van der Waals surface area contributed by atoms with Crippen LogP contribution in [0.4, 0.5) is 0 Å². The van der Waals surface area contributed by atoms with Crippen LogP contribution in [0.15, 0.2) is 22.7 Å². The number of aromatic nitrogens is 3. The van der Waals surface area contributed by atoms with E-state index in [1.807, 2.05) is 13.0 Å². The van der Waals surface area contributed by atoms with Crippen LogP contribution >= 0.6 is 0 Å². The number of carbonyl (C=O) groups is 1. The number of aryl methyl sites for hydroxylation is 1. The topological polar surface area (TPSA) is 81.4 Å². The second kappa shape index (κ2) is 5.64. The summed E-state index contributed by atoms with van der Waals surface area (Å²) in [6.07, 6.45) is 2.96. The Morgan fingerprint density at radius 2 is 2.17 bits per heavy atom. The maximum atomic E-state index is 12.5. The van der Waals surface area contributed by atoms with Crippen molar-refractivity contribution < 1.29 is 14.1 Å². The predicted molar refractivity (Wildman–Crippen MR) is 80.2 cm³/mol. The van der Waals surface area contributed by atoms with Gasteiger partial charge in [0, 0.05) is 31.0 Å². The van der Waals surface area contributed by atoms with Crippen LogP contribution in [0.25, 0.3) is 0 Å². The minimum Gasteiger partial charge on any atom is -0.471 e. The molecule has 23 heavy (non-hydrogen) atoms. The quantitative estimate of drug-likeness (QED) is 0.858. The molecule has 2 aromatic heterocycles. The zero-order chi connectivity index (χ0) is 15.8. The van der Waals surface area contributed by atoms with E-state index in [1.54, 1.807) is 17.0 Å². The van der Waals surface area contributed by atoms with Gasteiger partial charge in [0.25, 0.3) is 5.91 Å². The average Bonchev–Trinajstić information content (AvgIpc) is 3.11. The van der Waals surface area contributed by atoms with Gasteiger partial charge in [-0.2, -0.15) is 5.10 Å². The lowest BCUT2D eigenvalue weighted by Gasteiger charge is -2.15. The summed E-state index contributed by atoms with van der Waals surface area (Å²) in [4.78, 5) is 14.2. The molecule has 1 aliphatic carbocycles. The van der Waals surface area contributed by atoms with Crippen molar-refractivity contribution in [1.82, 2.24) is 20.3 Å². The predicted octanol–water partition coefficient (Wildman–Crippen LogP) is 1.94. The van der Waals surface area contributed by atoms with Gasteiger partial charge in [0.05, 0.1) is 12.2 Å². The molecule has 1 amide bonds. The number of hydrogen-bond donors (Lipinski definition) is 0. The summed E-state index contributed by atoms with van der Waals surface area (Å²) in [6.45, 7) is 3.05. The van der Waals surface area contributed by atoms with E-state index in [-0.39, 0.29) is 12.0 Å². The third kappa shape index (κ3) is 3.04. The maximum Gasteiger partial charge on any atom is 0.276 e. The fourth-order valence-electron chi connectivity index (χ4n) is 2.74. The van der Waals surface area contributed by atoms with Crippen LogP contribution in [-0.2, 0) is 0 Å². The second-order valence-corrected chi connectivity index (χ2v) is 6.18. The van der Waals surface area contributed by atoms with Crippen molar-refractivity contribution in [2.45, 2.75) is 38.2 Å². The fraction of sp³-hybridized carbons (Fsp3) is 0.500. The summed E-state index contributed by atoms with van der Waals surface area (Å²) < 4.78 is 11.0. The van der Waals surface area contributed by atoms with Crippen molar-refractivity contribution in [3.05, 3.63) is 35.3 Å². The Morgan fingerprint density at radius 1 is 1.30 bits per heavy atom. The number of hydrogen-bond acceptors (Lipinski definition) is 6. The fourth-order valence-corrected chi connectivity index (χ4v) is 2.74. The standard InChI is InChI=1S/C16H18N4O3/c1-10-2-5-15(18-17-10)22-12-6-7-20(9-12)16(21)13-8-14(23-19-13)11-3-4-11/h2,5,8,11-12H,3-4,6-7,9H2,1H3/t12-/m0/s1. The number of amides is 1. The molecule has 2 fully saturated rings. The molecule has 1 aliphatic heterocycles. The molecule has 0 spiro atoms. The van der Waals surface area contributed by atoms with Crippen molar-refractivity contribution >= 4 is 5.91 Å². The van der Waals surface area contributed by atoms with E-state index in [0.717, 1.165) is 30.7 Å². The normalized spacial score (nSPS) is 20.7. The molecule has 7 heteroatoms. The SMILES string of the molecule is Cc1ccc(O[C@H]2CCN(C(=O)c3cc(C4CC4)on3)C2)nn1. The van der Waals surface area contributed by atoms with E-state index in [4.69, 9.17) is 9.26 Å². The summed E-state index contributed by atoms with van der Waals surface area (Å²) in [5.74, 6) is 1.68. The molecule has 7 nitrogen and oxygen atoms in total. The highest BCUT2D eigenvalue weighted by Gasteiger charge is 2.32. The lowest BCUT2D eigenvalue weighted by atomic mass is 10.2. The van der Waals surface area contributed by atoms with Crippen molar-refractivity contribution in [3.63, 3.8) is 0 Å². The van der Waals surface area contributed by atoms with Gasteiger partial charge in [0.15, 0.2) is 5.69 Å². The smallest absolute Gasteiger partial charge is 0.276 e. The van der Waals surface area contributed by atoms with Crippen molar-refractivity contribution in [2.75, 3.05) is 13.1 Å². The first-order valence-corrected chi connectivity index (χ1v) is 7.92. The van der Waals surface area contributed by atoms with Crippen LogP contribution in [-0.4, -0.2) is 45.4 Å². The van der Waals surface area contributed by atoms with Crippen molar-refractivity contribution in [2.24, 2.45) is 0 Å². The molecule has 0 bridgehead atoms. The third-order valence-electron chi connectivity index (χ3n) is 4.22. The Kier molecular flexibility index (Phi) is 3.48. The second-order valence-electron chi connectivity index (χ2n) is 6.18. The minimum absolute atomic E-state index is 0.0641. The molecule has 1 saturated carbocycles. The molecule has 0 unspecified atom stereocenters. The molecule has 1 atom stereocenters. The van der Waals surface area contributed by atoms with Crippen LogP contribution < -0.4 is 4.74 Å². The van der Waals surface area contributed by atoms with Gasteiger partial charge in [-0.1, -0.05) is 5.16 Å². The van der Waals surface area contributed by atoms with Gasteiger partial charge < -0.3 is 14.2 Å². The zero-order valence-electron chi connectivity index (χ0n) is 12.9. The minimum atomic E-state index is -0.0956. The van der Waals surface area contributed by atoms with Crippen LogP contribution in [0.2, 0.25) is 0 Å². The highest BCUT2D eigenvalue weighted by atomic mass is 16.5. The van der Waals surface area contributed by atoms with Gasteiger partial charge in [-0.15, -0.1) is 5.10 Å². The molecular weight excluding hydrogens is 296 g/mol. The molecule has 0 radical (unpaired) electrons. The highest BCUT2D eigenvalue weighted by molar-refractivity contribution is 5.92. The zero-order valence-corrected chi connectivity index (χ0v) is 12.9. The van der Waals surface area contributed by atoms with Crippen LogP contribution in [0.3, 0.4) is 0 Å². The summed E-state index contributed by atoms with van der Waals surface area (Å²) in [5.41, 5.74) is 1.24. The average molecular weight is 314 g/mol. The van der Waals surface area contributed by atoms with E-state index >= 15 is 0 Å². The van der Waals surface area contributed by atoms with Crippen LogP contribution in [0.1, 0.15) is 47.1 Å². The van der Waals surface area contributed by atoms with E-state index in [9.17, 15) is 4.79 Å². The lowest BCUT2D eigenvalue weighted by molar-refractivity contribution is 0.0760. The Labute approximate surface area is 133 Å². The molecule has 3 heterocycles. The van der Waals surface area contributed by atoms with Gasteiger partial charge in [0.2, 0.25) is 5.88 Å². The summed E-state index contributed by atoms with van der Waals surface area (Å²) in [5, 5.41) is 11.9. The lowest BCUT2D eigenvalue weighted by Crippen LogP contribution is -2.31.